The number of sulfonamides is 1. The second kappa shape index (κ2) is 7.52. The maximum atomic E-state index is 12.4. The molecule has 26 heavy (non-hydrogen) atoms. The first-order valence-electron chi connectivity index (χ1n) is 7.58. The monoisotopic (exact) mass is 408 g/mol. The van der Waals surface area contributed by atoms with E-state index in [1.807, 2.05) is 13.8 Å². The third-order valence-corrected chi connectivity index (χ3v) is 6.43. The van der Waals surface area contributed by atoms with Crippen LogP contribution in [-0.2, 0) is 21.2 Å². The fraction of sp³-hybridized carbons (Fsp3) is 0.188. The fourth-order valence-electron chi connectivity index (χ4n) is 2.07. The Morgan fingerprint density at radius 3 is 2.54 bits per heavy atom. The van der Waals surface area contributed by atoms with E-state index in [9.17, 15) is 13.2 Å². The summed E-state index contributed by atoms with van der Waals surface area (Å²) >= 11 is 2.52. The average Bonchev–Trinajstić information content (AvgIpc) is 3.16. The van der Waals surface area contributed by atoms with Crippen LogP contribution in [0.2, 0.25) is 0 Å². The molecule has 2 heterocycles. The standard InChI is InChI=1S/C16H16N4O3S3/c1-10-3-5-13(6-4-10)26(22,23)20-16-18-12(9-24-16)7-14(21)19-15-17-8-11(2)25-15/h3-6,8-9H,7H2,1-2H3,(H,18,20)(H,17,19,21). The van der Waals surface area contributed by atoms with E-state index in [-0.39, 0.29) is 22.4 Å². The largest absolute Gasteiger partial charge is 0.302 e. The van der Waals surface area contributed by atoms with E-state index in [4.69, 9.17) is 0 Å². The highest BCUT2D eigenvalue weighted by atomic mass is 32.2. The Morgan fingerprint density at radius 2 is 1.88 bits per heavy atom. The molecule has 0 bridgehead atoms. The first kappa shape index (κ1) is 18.5. The summed E-state index contributed by atoms with van der Waals surface area (Å²) in [7, 11) is -3.70. The molecule has 0 saturated heterocycles. The Kier molecular flexibility index (Phi) is 5.35. The zero-order chi connectivity index (χ0) is 18.7. The molecule has 1 amide bonds. The van der Waals surface area contributed by atoms with Crippen LogP contribution in [0.1, 0.15) is 16.1 Å². The molecule has 0 aliphatic rings. The van der Waals surface area contributed by atoms with Gasteiger partial charge in [0.15, 0.2) is 10.3 Å². The maximum Gasteiger partial charge on any atom is 0.263 e. The van der Waals surface area contributed by atoms with Gasteiger partial charge < -0.3 is 5.32 Å². The molecule has 0 atom stereocenters. The summed E-state index contributed by atoms with van der Waals surface area (Å²) in [5.74, 6) is -0.252. The minimum Gasteiger partial charge on any atom is -0.302 e. The average molecular weight is 409 g/mol. The summed E-state index contributed by atoms with van der Waals surface area (Å²) in [5, 5.41) is 5.10. The Labute approximate surface area is 159 Å². The number of carbonyl (C=O) groups excluding carboxylic acids is 1. The van der Waals surface area contributed by atoms with Gasteiger partial charge in [-0.3, -0.25) is 9.52 Å². The van der Waals surface area contributed by atoms with Gasteiger partial charge in [0.2, 0.25) is 5.91 Å². The molecule has 0 aliphatic heterocycles. The van der Waals surface area contributed by atoms with Crippen molar-refractivity contribution in [2.45, 2.75) is 25.2 Å². The van der Waals surface area contributed by atoms with Crippen molar-refractivity contribution in [3.05, 3.63) is 52.0 Å². The van der Waals surface area contributed by atoms with Gasteiger partial charge in [0.05, 0.1) is 17.0 Å². The zero-order valence-corrected chi connectivity index (χ0v) is 16.5. The van der Waals surface area contributed by atoms with Crippen LogP contribution in [0.15, 0.2) is 40.7 Å². The van der Waals surface area contributed by atoms with Gasteiger partial charge >= 0.3 is 0 Å². The number of nitrogens with one attached hydrogen (secondary N) is 2. The molecule has 10 heteroatoms. The number of rotatable bonds is 6. The summed E-state index contributed by atoms with van der Waals surface area (Å²) in [6, 6.07) is 6.53. The van der Waals surface area contributed by atoms with Gasteiger partial charge in [0.1, 0.15) is 0 Å². The lowest BCUT2D eigenvalue weighted by Gasteiger charge is -2.05. The van der Waals surface area contributed by atoms with Crippen LogP contribution in [0.4, 0.5) is 10.3 Å². The van der Waals surface area contributed by atoms with Crippen molar-refractivity contribution in [2.24, 2.45) is 0 Å². The van der Waals surface area contributed by atoms with Crippen molar-refractivity contribution in [3.8, 4) is 0 Å². The van der Waals surface area contributed by atoms with E-state index in [2.05, 4.69) is 20.0 Å². The number of benzene rings is 1. The van der Waals surface area contributed by atoms with Crippen LogP contribution < -0.4 is 10.0 Å². The predicted molar refractivity (Wildman–Crippen MR) is 103 cm³/mol. The van der Waals surface area contributed by atoms with Crippen LogP contribution in [0.3, 0.4) is 0 Å². The molecule has 3 aromatic rings. The van der Waals surface area contributed by atoms with Crippen LogP contribution in [0.5, 0.6) is 0 Å². The van der Waals surface area contributed by atoms with Gasteiger partial charge in [0, 0.05) is 16.5 Å². The number of nitrogens with zero attached hydrogens (tertiary/aromatic N) is 2. The highest BCUT2D eigenvalue weighted by Gasteiger charge is 2.17. The van der Waals surface area contributed by atoms with Gasteiger partial charge in [-0.25, -0.2) is 18.4 Å². The molecule has 0 unspecified atom stereocenters. The summed E-state index contributed by atoms with van der Waals surface area (Å²) in [5.41, 5.74) is 1.46. The summed E-state index contributed by atoms with van der Waals surface area (Å²) in [6.07, 6.45) is 1.72. The Balaban J connectivity index is 1.64. The molecule has 136 valence electrons. The molecule has 2 aromatic heterocycles. The topological polar surface area (TPSA) is 101 Å². The normalized spacial score (nSPS) is 11.3. The Bertz CT molecular complexity index is 1020. The summed E-state index contributed by atoms with van der Waals surface area (Å²) < 4.78 is 27.2. The molecular formula is C16H16N4O3S3. The zero-order valence-electron chi connectivity index (χ0n) is 14.0. The first-order valence-corrected chi connectivity index (χ1v) is 10.8. The van der Waals surface area contributed by atoms with E-state index in [0.717, 1.165) is 21.8 Å². The molecule has 1 aromatic carbocycles. The second-order valence-electron chi connectivity index (χ2n) is 5.56. The molecular weight excluding hydrogens is 392 g/mol. The molecule has 3 rings (SSSR count). The van der Waals surface area contributed by atoms with E-state index >= 15 is 0 Å². The lowest BCUT2D eigenvalue weighted by atomic mass is 10.2. The van der Waals surface area contributed by atoms with Crippen molar-refractivity contribution in [1.29, 1.82) is 0 Å². The number of aromatic nitrogens is 2. The molecule has 0 saturated carbocycles. The van der Waals surface area contributed by atoms with E-state index < -0.39 is 10.0 Å². The first-order chi connectivity index (χ1) is 12.3. The molecule has 0 aliphatic carbocycles. The van der Waals surface area contributed by atoms with Crippen molar-refractivity contribution in [2.75, 3.05) is 10.0 Å². The number of aryl methyl sites for hydroxylation is 2. The number of amides is 1. The highest BCUT2D eigenvalue weighted by Crippen LogP contribution is 2.21. The number of hydrogen-bond donors (Lipinski definition) is 2. The van der Waals surface area contributed by atoms with Gasteiger partial charge in [-0.05, 0) is 26.0 Å². The lowest BCUT2D eigenvalue weighted by Crippen LogP contribution is -2.15. The maximum absolute atomic E-state index is 12.4. The van der Waals surface area contributed by atoms with Gasteiger partial charge in [-0.2, -0.15) is 0 Å². The van der Waals surface area contributed by atoms with Gasteiger partial charge in [-0.15, -0.1) is 22.7 Å². The van der Waals surface area contributed by atoms with Gasteiger partial charge in [0.25, 0.3) is 10.0 Å². The third kappa shape index (κ3) is 4.65. The number of carbonyl (C=O) groups is 1. The van der Waals surface area contributed by atoms with E-state index in [1.165, 1.54) is 23.5 Å². The quantitative estimate of drug-likeness (QED) is 0.652. The van der Waals surface area contributed by atoms with Crippen molar-refractivity contribution in [1.82, 2.24) is 9.97 Å². The molecule has 0 radical (unpaired) electrons. The smallest absolute Gasteiger partial charge is 0.263 e. The molecule has 0 fully saturated rings. The Morgan fingerprint density at radius 1 is 1.15 bits per heavy atom. The SMILES string of the molecule is Cc1ccc(S(=O)(=O)Nc2nc(CC(=O)Nc3ncc(C)s3)cs2)cc1. The molecule has 2 N–H and O–H groups in total. The van der Waals surface area contributed by atoms with Crippen LogP contribution in [-0.4, -0.2) is 24.3 Å². The van der Waals surface area contributed by atoms with Crippen molar-refractivity contribution in [3.63, 3.8) is 0 Å². The number of anilines is 2. The minimum atomic E-state index is -3.70. The fourth-order valence-corrected chi connectivity index (χ4v) is 4.71. The molecule has 0 spiro atoms. The minimum absolute atomic E-state index is 0.0430. The van der Waals surface area contributed by atoms with Crippen LogP contribution in [0.25, 0.3) is 0 Å². The van der Waals surface area contributed by atoms with Gasteiger partial charge in [-0.1, -0.05) is 17.7 Å². The van der Waals surface area contributed by atoms with Crippen molar-refractivity contribution >= 4 is 48.9 Å². The summed E-state index contributed by atoms with van der Waals surface area (Å²) in [4.78, 5) is 21.4. The Hall–Kier alpha value is -2.30. The number of hydrogen-bond acceptors (Lipinski definition) is 7. The van der Waals surface area contributed by atoms with Crippen LogP contribution >= 0.6 is 22.7 Å². The molecule has 7 nitrogen and oxygen atoms in total. The highest BCUT2D eigenvalue weighted by molar-refractivity contribution is 7.93. The lowest BCUT2D eigenvalue weighted by molar-refractivity contribution is -0.115. The number of thiazole rings is 2. The van der Waals surface area contributed by atoms with E-state index in [1.54, 1.807) is 23.7 Å². The summed E-state index contributed by atoms with van der Waals surface area (Å²) in [6.45, 7) is 3.79. The third-order valence-electron chi connectivity index (χ3n) is 3.31. The second-order valence-corrected chi connectivity index (χ2v) is 9.34. The van der Waals surface area contributed by atoms with E-state index in [0.29, 0.717) is 10.8 Å². The van der Waals surface area contributed by atoms with Crippen molar-refractivity contribution < 1.29 is 13.2 Å². The predicted octanol–water partition coefficient (Wildman–Crippen LogP) is 3.20. The van der Waals surface area contributed by atoms with Crippen LogP contribution in [0, 0.1) is 13.8 Å².